The summed E-state index contributed by atoms with van der Waals surface area (Å²) in [4.78, 5) is 0. The van der Waals surface area contributed by atoms with Crippen molar-refractivity contribution in [1.29, 1.82) is 0 Å². The van der Waals surface area contributed by atoms with Crippen LogP contribution >= 0.6 is 12.4 Å². The molecule has 1 aromatic rings. The minimum atomic E-state index is -0.0566. The van der Waals surface area contributed by atoms with Crippen molar-refractivity contribution in [1.82, 2.24) is 5.32 Å². The van der Waals surface area contributed by atoms with Crippen molar-refractivity contribution in [3.63, 3.8) is 0 Å². The van der Waals surface area contributed by atoms with Crippen LogP contribution in [0.5, 0.6) is 0 Å². The number of nitrogens with two attached hydrogens (primary N) is 1. The molecule has 0 aliphatic carbocycles. The molecule has 1 fully saturated rings. The van der Waals surface area contributed by atoms with E-state index >= 15 is 0 Å². The largest absolute Gasteiger partial charge is 0.462 e. The van der Waals surface area contributed by atoms with Crippen LogP contribution in [0.2, 0.25) is 0 Å². The molecule has 0 saturated carbocycles. The lowest BCUT2D eigenvalue weighted by Gasteiger charge is -2.26. The first kappa shape index (κ1) is 13.5. The second-order valence-electron chi connectivity index (χ2n) is 4.08. The molecule has 2 rings (SSSR count). The molecule has 4 nitrogen and oxygen atoms in total. The maximum Gasteiger partial charge on any atom is 0.129 e. The van der Waals surface area contributed by atoms with E-state index in [4.69, 9.17) is 15.3 Å². The van der Waals surface area contributed by atoms with Crippen LogP contribution in [-0.4, -0.2) is 18.2 Å². The number of hydrogen-bond acceptors (Lipinski definition) is 4. The lowest BCUT2D eigenvalue weighted by Crippen LogP contribution is -2.33. The Kier molecular flexibility index (Phi) is 5.28. The van der Waals surface area contributed by atoms with E-state index in [1.807, 2.05) is 6.07 Å². The van der Waals surface area contributed by atoms with Crippen molar-refractivity contribution in [3.05, 3.63) is 23.7 Å². The van der Waals surface area contributed by atoms with E-state index in [0.717, 1.165) is 31.7 Å². The zero-order chi connectivity index (χ0) is 10.7. The molecule has 1 aromatic heterocycles. The van der Waals surface area contributed by atoms with Crippen LogP contribution in [0.4, 0.5) is 0 Å². The number of piperidine rings is 1. The van der Waals surface area contributed by atoms with Gasteiger partial charge in [0.2, 0.25) is 0 Å². The monoisotopic (exact) mass is 246 g/mol. The third-order valence-corrected chi connectivity index (χ3v) is 3.06. The molecular formula is C11H19ClN2O2. The average molecular weight is 247 g/mol. The van der Waals surface area contributed by atoms with Gasteiger partial charge in [0.15, 0.2) is 0 Å². The standard InChI is InChI=1S/C11H18N2O2.ClH/c12-11(8-3-5-13-6-4-8)10-2-1-9(7-14)15-10;/h1-2,8,11,13-14H,3-7,12H2;1H/t11-;/m1./s1. The minimum absolute atomic E-state index is 0. The fourth-order valence-electron chi connectivity index (χ4n) is 2.09. The summed E-state index contributed by atoms with van der Waals surface area (Å²) < 4.78 is 5.45. The summed E-state index contributed by atoms with van der Waals surface area (Å²) in [5.41, 5.74) is 6.13. The quantitative estimate of drug-likeness (QED) is 0.749. The number of nitrogens with one attached hydrogen (secondary N) is 1. The summed E-state index contributed by atoms with van der Waals surface area (Å²) in [6, 6.07) is 3.63. The van der Waals surface area contributed by atoms with Gasteiger partial charge in [0.1, 0.15) is 18.1 Å². The van der Waals surface area contributed by atoms with Gasteiger partial charge in [0, 0.05) is 0 Å². The van der Waals surface area contributed by atoms with Crippen molar-refractivity contribution >= 4 is 12.4 Å². The molecular weight excluding hydrogens is 228 g/mol. The average Bonchev–Trinajstić information content (AvgIpc) is 2.78. The van der Waals surface area contributed by atoms with Gasteiger partial charge in [-0.1, -0.05) is 0 Å². The number of rotatable bonds is 3. The molecule has 5 heteroatoms. The molecule has 16 heavy (non-hydrogen) atoms. The molecule has 0 amide bonds. The van der Waals surface area contributed by atoms with Gasteiger partial charge < -0.3 is 20.6 Å². The summed E-state index contributed by atoms with van der Waals surface area (Å²) in [5.74, 6) is 1.88. The molecule has 0 unspecified atom stereocenters. The summed E-state index contributed by atoms with van der Waals surface area (Å²) in [6.45, 7) is 2.01. The number of halogens is 1. The maximum atomic E-state index is 8.90. The molecule has 1 aliphatic heterocycles. The Labute approximate surface area is 102 Å². The second-order valence-corrected chi connectivity index (χ2v) is 4.08. The Balaban J connectivity index is 0.00000128. The highest BCUT2D eigenvalue weighted by atomic mass is 35.5. The second kappa shape index (κ2) is 6.25. The summed E-state index contributed by atoms with van der Waals surface area (Å²) in [5, 5.41) is 12.2. The topological polar surface area (TPSA) is 71.4 Å². The van der Waals surface area contributed by atoms with E-state index in [2.05, 4.69) is 5.32 Å². The fourth-order valence-corrected chi connectivity index (χ4v) is 2.09. The van der Waals surface area contributed by atoms with Crippen LogP contribution in [0.3, 0.4) is 0 Å². The van der Waals surface area contributed by atoms with Crippen LogP contribution in [0, 0.1) is 5.92 Å². The number of furan rings is 1. The van der Waals surface area contributed by atoms with E-state index in [-0.39, 0.29) is 25.1 Å². The molecule has 1 atom stereocenters. The van der Waals surface area contributed by atoms with Gasteiger partial charge >= 0.3 is 0 Å². The van der Waals surface area contributed by atoms with Gasteiger partial charge in [-0.3, -0.25) is 0 Å². The lowest BCUT2D eigenvalue weighted by atomic mass is 9.89. The zero-order valence-corrected chi connectivity index (χ0v) is 10.0. The summed E-state index contributed by atoms with van der Waals surface area (Å²) in [6.07, 6.45) is 2.19. The van der Waals surface area contributed by atoms with Crippen molar-refractivity contribution in [2.45, 2.75) is 25.5 Å². The molecule has 1 saturated heterocycles. The van der Waals surface area contributed by atoms with E-state index < -0.39 is 0 Å². The number of aliphatic hydroxyl groups excluding tert-OH is 1. The number of aliphatic hydroxyl groups is 1. The zero-order valence-electron chi connectivity index (χ0n) is 9.19. The molecule has 0 spiro atoms. The van der Waals surface area contributed by atoms with Crippen LogP contribution in [-0.2, 0) is 6.61 Å². The van der Waals surface area contributed by atoms with Gasteiger partial charge in [-0.25, -0.2) is 0 Å². The van der Waals surface area contributed by atoms with Crippen molar-refractivity contribution < 1.29 is 9.52 Å². The lowest BCUT2D eigenvalue weighted by molar-refractivity contribution is 0.231. The Hall–Kier alpha value is -0.550. The van der Waals surface area contributed by atoms with Crippen LogP contribution < -0.4 is 11.1 Å². The molecule has 0 bridgehead atoms. The minimum Gasteiger partial charge on any atom is -0.462 e. The molecule has 0 aromatic carbocycles. The van der Waals surface area contributed by atoms with E-state index in [1.165, 1.54) is 0 Å². The molecule has 2 heterocycles. The van der Waals surface area contributed by atoms with Crippen LogP contribution in [0.25, 0.3) is 0 Å². The van der Waals surface area contributed by atoms with Crippen molar-refractivity contribution in [2.75, 3.05) is 13.1 Å². The van der Waals surface area contributed by atoms with Gasteiger partial charge in [-0.2, -0.15) is 0 Å². The van der Waals surface area contributed by atoms with Crippen LogP contribution in [0.1, 0.15) is 30.4 Å². The van der Waals surface area contributed by atoms with E-state index in [0.29, 0.717) is 11.7 Å². The SMILES string of the molecule is Cl.N[C@@H](c1ccc(CO)o1)C1CCNCC1. The predicted molar refractivity (Wildman–Crippen MR) is 64.4 cm³/mol. The van der Waals surface area contributed by atoms with Gasteiger partial charge in [0.25, 0.3) is 0 Å². The first-order valence-corrected chi connectivity index (χ1v) is 5.47. The third-order valence-electron chi connectivity index (χ3n) is 3.06. The third kappa shape index (κ3) is 2.98. The van der Waals surface area contributed by atoms with Gasteiger partial charge in [0.05, 0.1) is 6.04 Å². The van der Waals surface area contributed by atoms with Crippen molar-refractivity contribution in [2.24, 2.45) is 11.7 Å². The fraction of sp³-hybridized carbons (Fsp3) is 0.636. The first-order valence-electron chi connectivity index (χ1n) is 5.47. The molecule has 0 radical (unpaired) electrons. The van der Waals surface area contributed by atoms with Gasteiger partial charge in [-0.15, -0.1) is 12.4 Å². The highest BCUT2D eigenvalue weighted by molar-refractivity contribution is 5.85. The number of hydrogen-bond donors (Lipinski definition) is 3. The summed E-state index contributed by atoms with van der Waals surface area (Å²) in [7, 11) is 0. The van der Waals surface area contributed by atoms with Crippen molar-refractivity contribution in [3.8, 4) is 0 Å². The molecule has 92 valence electrons. The van der Waals surface area contributed by atoms with Crippen LogP contribution in [0.15, 0.2) is 16.5 Å². The Morgan fingerprint density at radius 2 is 2.12 bits per heavy atom. The molecule has 4 N–H and O–H groups in total. The smallest absolute Gasteiger partial charge is 0.129 e. The summed E-state index contributed by atoms with van der Waals surface area (Å²) >= 11 is 0. The highest BCUT2D eigenvalue weighted by Gasteiger charge is 2.23. The van der Waals surface area contributed by atoms with E-state index in [1.54, 1.807) is 6.07 Å². The van der Waals surface area contributed by atoms with Gasteiger partial charge in [-0.05, 0) is 44.0 Å². The Morgan fingerprint density at radius 1 is 1.44 bits per heavy atom. The van der Waals surface area contributed by atoms with E-state index in [9.17, 15) is 0 Å². The normalized spacial score (nSPS) is 19.1. The molecule has 1 aliphatic rings. The Bertz CT molecular complexity index is 311. The highest BCUT2D eigenvalue weighted by Crippen LogP contribution is 2.27. The maximum absolute atomic E-state index is 8.90. The Morgan fingerprint density at radius 3 is 2.69 bits per heavy atom. The predicted octanol–water partition coefficient (Wildman–Crippen LogP) is 1.19. The first-order chi connectivity index (χ1) is 7.31.